The van der Waals surface area contributed by atoms with Gasteiger partial charge in [0.1, 0.15) is 17.0 Å². The fraction of sp³-hybridized carbons (Fsp3) is 0.0556. The Labute approximate surface area is 347 Å². The molecule has 0 N–H and O–H groups in total. The average Bonchev–Trinajstić information content (AvgIpc) is 4.04. The van der Waals surface area contributed by atoms with E-state index in [2.05, 4.69) is 198 Å². The van der Waals surface area contributed by atoms with Crippen LogP contribution in [0.2, 0.25) is 0 Å². The molecule has 59 heavy (non-hydrogen) atoms. The number of para-hydroxylation sites is 4. The second-order valence-electron chi connectivity index (χ2n) is 15.2. The van der Waals surface area contributed by atoms with Crippen molar-refractivity contribution in [3.8, 4) is 33.0 Å². The van der Waals surface area contributed by atoms with Crippen LogP contribution in [-0.2, 0) is 0 Å². The van der Waals surface area contributed by atoms with Gasteiger partial charge >= 0.3 is 0 Å². The van der Waals surface area contributed by atoms with E-state index in [1.807, 2.05) is 23.5 Å². The number of aromatic nitrogens is 2. The third-order valence-corrected chi connectivity index (χ3v) is 12.7. The summed E-state index contributed by atoms with van der Waals surface area (Å²) >= 11 is 1.87. The molecule has 4 nitrogen and oxygen atoms in total. The molecule has 5 heteroatoms. The molecule has 3 heterocycles. The normalized spacial score (nSPS) is 12.9. The Morgan fingerprint density at radius 3 is 2.05 bits per heavy atom. The lowest BCUT2D eigenvalue weighted by Crippen LogP contribution is -2.10. The minimum atomic E-state index is 0.903. The number of imidazole rings is 1. The SMILES string of the molecule is Cc1cc(N(c2ccccc2)c2ccc(-c3ccc4c(c3)oc3ccccc34)cc2)ccc1-c1nc2ccccc2n1C1=CC=C(c2ccc(-c3ccccc3)s2)CC1. The molecular weight excluding hydrogens is 739 g/mol. The summed E-state index contributed by atoms with van der Waals surface area (Å²) in [6.07, 6.45) is 6.52. The van der Waals surface area contributed by atoms with Crippen LogP contribution in [0.1, 0.15) is 23.3 Å². The van der Waals surface area contributed by atoms with Crippen LogP contribution in [0.5, 0.6) is 0 Å². The topological polar surface area (TPSA) is 34.2 Å². The summed E-state index contributed by atoms with van der Waals surface area (Å²) in [7, 11) is 0. The Balaban J connectivity index is 0.934. The van der Waals surface area contributed by atoms with Crippen molar-refractivity contribution in [3.63, 3.8) is 0 Å². The minimum absolute atomic E-state index is 0.903. The highest BCUT2D eigenvalue weighted by Crippen LogP contribution is 2.42. The van der Waals surface area contributed by atoms with Crippen molar-refractivity contribution in [1.29, 1.82) is 0 Å². The quantitative estimate of drug-likeness (QED) is 0.154. The number of hydrogen-bond acceptors (Lipinski definition) is 4. The van der Waals surface area contributed by atoms with Gasteiger partial charge in [-0.05, 0) is 139 Å². The molecule has 3 aromatic heterocycles. The fourth-order valence-electron chi connectivity index (χ4n) is 8.55. The number of benzene rings is 7. The predicted octanol–water partition coefficient (Wildman–Crippen LogP) is 15.5. The molecule has 1 aliphatic carbocycles. The minimum Gasteiger partial charge on any atom is -0.456 e. The van der Waals surface area contributed by atoms with Gasteiger partial charge in [0.05, 0.1) is 11.0 Å². The lowest BCUT2D eigenvalue weighted by molar-refractivity contribution is 0.669. The summed E-state index contributed by atoms with van der Waals surface area (Å²) in [5.41, 5.74) is 15.7. The lowest BCUT2D eigenvalue weighted by atomic mass is 10.00. The lowest BCUT2D eigenvalue weighted by Gasteiger charge is -2.26. The molecule has 0 saturated carbocycles. The van der Waals surface area contributed by atoms with Gasteiger partial charge in [-0.25, -0.2) is 4.98 Å². The fourth-order valence-corrected chi connectivity index (χ4v) is 9.62. The Bertz CT molecular complexity index is 3220. The van der Waals surface area contributed by atoms with Gasteiger partial charge in [-0.3, -0.25) is 4.57 Å². The summed E-state index contributed by atoms with van der Waals surface area (Å²) in [6, 6.07) is 64.6. The van der Waals surface area contributed by atoms with Gasteiger partial charge in [0.15, 0.2) is 0 Å². The van der Waals surface area contributed by atoms with E-state index in [1.54, 1.807) is 0 Å². The number of aryl methyl sites for hydroxylation is 1. The Morgan fingerprint density at radius 1 is 0.542 bits per heavy atom. The van der Waals surface area contributed by atoms with E-state index in [1.165, 1.54) is 26.6 Å². The Hall–Kier alpha value is -7.21. The van der Waals surface area contributed by atoms with Crippen molar-refractivity contribution >= 4 is 72.6 Å². The standard InChI is InChI=1S/C54H39N3OS/c1-36-34-44(56(41-14-6-3-7-15-41)42-25-20-37(21-26-42)40-24-30-47-46-16-8-11-19-50(46)58-51(47)35-40)29-31-45(36)54-55-48-17-9-10-18-49(48)57(54)43-27-22-39(23-28-43)53-33-32-52(59-53)38-12-4-2-5-13-38/h2-22,24-27,29-35H,23,28H2,1H3. The van der Waals surface area contributed by atoms with E-state index in [0.29, 0.717) is 0 Å². The number of anilines is 3. The molecular formula is C54H39N3OS. The Morgan fingerprint density at radius 2 is 1.24 bits per heavy atom. The first-order valence-corrected chi connectivity index (χ1v) is 21.0. The molecule has 0 spiro atoms. The van der Waals surface area contributed by atoms with E-state index in [9.17, 15) is 0 Å². The number of furan rings is 1. The van der Waals surface area contributed by atoms with Gasteiger partial charge in [0.25, 0.3) is 0 Å². The van der Waals surface area contributed by atoms with E-state index in [4.69, 9.17) is 9.40 Å². The van der Waals surface area contributed by atoms with Gasteiger partial charge in [0.2, 0.25) is 0 Å². The zero-order valence-electron chi connectivity index (χ0n) is 32.5. The number of allylic oxidation sites excluding steroid dienone is 4. The van der Waals surface area contributed by atoms with Crippen LogP contribution in [0.25, 0.3) is 77.2 Å². The molecule has 0 unspecified atom stereocenters. The van der Waals surface area contributed by atoms with Crippen molar-refractivity contribution < 1.29 is 4.42 Å². The maximum Gasteiger partial charge on any atom is 0.145 e. The van der Waals surface area contributed by atoms with Gasteiger partial charge in [-0.1, -0.05) is 103 Å². The van der Waals surface area contributed by atoms with E-state index < -0.39 is 0 Å². The summed E-state index contributed by atoms with van der Waals surface area (Å²) in [6.45, 7) is 2.21. The first-order chi connectivity index (χ1) is 29.1. The van der Waals surface area contributed by atoms with Crippen molar-refractivity contribution in [2.75, 3.05) is 4.90 Å². The molecule has 11 rings (SSSR count). The van der Waals surface area contributed by atoms with Crippen LogP contribution in [0.15, 0.2) is 199 Å². The van der Waals surface area contributed by atoms with Crippen molar-refractivity contribution in [1.82, 2.24) is 9.55 Å². The molecule has 0 atom stereocenters. The molecule has 7 aromatic carbocycles. The highest BCUT2D eigenvalue weighted by Gasteiger charge is 2.21. The molecule has 0 radical (unpaired) electrons. The maximum atomic E-state index is 6.22. The molecule has 10 aromatic rings. The van der Waals surface area contributed by atoms with Crippen LogP contribution in [0.3, 0.4) is 0 Å². The second kappa shape index (κ2) is 14.6. The highest BCUT2D eigenvalue weighted by atomic mass is 32.1. The molecule has 0 fully saturated rings. The maximum absolute atomic E-state index is 6.22. The first kappa shape index (κ1) is 35.0. The molecule has 0 amide bonds. The van der Waals surface area contributed by atoms with E-state index in [0.717, 1.165) is 91.0 Å². The molecule has 0 bridgehead atoms. The highest BCUT2D eigenvalue weighted by molar-refractivity contribution is 7.16. The van der Waals surface area contributed by atoms with Gasteiger partial charge in [0, 0.05) is 48.8 Å². The van der Waals surface area contributed by atoms with Crippen LogP contribution in [-0.4, -0.2) is 9.55 Å². The summed E-state index contributed by atoms with van der Waals surface area (Å²) in [5, 5.41) is 2.28. The molecule has 282 valence electrons. The van der Waals surface area contributed by atoms with Gasteiger partial charge in [-0.2, -0.15) is 0 Å². The third-order valence-electron chi connectivity index (χ3n) is 11.5. The van der Waals surface area contributed by atoms with Crippen LogP contribution >= 0.6 is 11.3 Å². The molecule has 0 aliphatic heterocycles. The zero-order chi connectivity index (χ0) is 39.3. The zero-order valence-corrected chi connectivity index (χ0v) is 33.4. The number of fused-ring (bicyclic) bond motifs is 4. The number of thiophene rings is 1. The smallest absolute Gasteiger partial charge is 0.145 e. The number of nitrogens with zero attached hydrogens (tertiary/aromatic N) is 3. The first-order valence-electron chi connectivity index (χ1n) is 20.2. The Kier molecular flexibility index (Phi) is 8.67. The monoisotopic (exact) mass is 777 g/mol. The van der Waals surface area contributed by atoms with Crippen molar-refractivity contribution in [3.05, 3.63) is 205 Å². The van der Waals surface area contributed by atoms with E-state index >= 15 is 0 Å². The number of rotatable bonds is 8. The van der Waals surface area contributed by atoms with Gasteiger partial charge < -0.3 is 9.32 Å². The molecule has 0 saturated heterocycles. The van der Waals surface area contributed by atoms with E-state index in [-0.39, 0.29) is 0 Å². The predicted molar refractivity (Wildman–Crippen MR) is 249 cm³/mol. The van der Waals surface area contributed by atoms with Crippen molar-refractivity contribution in [2.45, 2.75) is 19.8 Å². The van der Waals surface area contributed by atoms with Gasteiger partial charge in [-0.15, -0.1) is 11.3 Å². The summed E-state index contributed by atoms with van der Waals surface area (Å²) in [5.74, 6) is 0.970. The summed E-state index contributed by atoms with van der Waals surface area (Å²) < 4.78 is 8.60. The average molecular weight is 778 g/mol. The third kappa shape index (κ3) is 6.37. The van der Waals surface area contributed by atoms with Crippen molar-refractivity contribution in [2.24, 2.45) is 0 Å². The van der Waals surface area contributed by atoms with Crippen LogP contribution < -0.4 is 4.90 Å². The number of hydrogen-bond donors (Lipinski definition) is 0. The summed E-state index contributed by atoms with van der Waals surface area (Å²) in [4.78, 5) is 10.2. The van der Waals surface area contributed by atoms with Crippen LogP contribution in [0, 0.1) is 6.92 Å². The van der Waals surface area contributed by atoms with Crippen LogP contribution in [0.4, 0.5) is 17.1 Å². The second-order valence-corrected chi connectivity index (χ2v) is 16.2. The molecule has 1 aliphatic rings. The largest absolute Gasteiger partial charge is 0.456 e.